The number of aromatic nitrogens is 4. The molecule has 2 aromatic heterocycles. The molecule has 0 aliphatic heterocycles. The van der Waals surface area contributed by atoms with Crippen LogP contribution < -0.4 is 17.0 Å². The maximum atomic E-state index is 11.4. The average Bonchev–Trinajstić information content (AvgIpc) is 2.59. The van der Waals surface area contributed by atoms with E-state index in [4.69, 9.17) is 11.5 Å². The van der Waals surface area contributed by atoms with Crippen molar-refractivity contribution < 1.29 is 0 Å². The lowest BCUT2D eigenvalue weighted by Gasteiger charge is -2.06. The molecule has 0 spiro atoms. The normalized spacial score (nSPS) is 10.8. The van der Waals surface area contributed by atoms with Gasteiger partial charge in [-0.15, -0.1) is 0 Å². The van der Waals surface area contributed by atoms with Crippen LogP contribution in [-0.4, -0.2) is 19.2 Å². The highest BCUT2D eigenvalue weighted by Crippen LogP contribution is 2.08. The number of hydrogen-bond donors (Lipinski definition) is 2. The van der Waals surface area contributed by atoms with Crippen molar-refractivity contribution in [3.8, 4) is 0 Å². The number of nitrogens with zero attached hydrogens (tertiary/aromatic N) is 4. The molecule has 2 heterocycles. The highest BCUT2D eigenvalue weighted by atomic mass is 16.1. The van der Waals surface area contributed by atoms with Crippen LogP contribution in [0.2, 0.25) is 0 Å². The third-order valence-corrected chi connectivity index (χ3v) is 1.89. The van der Waals surface area contributed by atoms with E-state index in [9.17, 15) is 4.79 Å². The fraction of sp³-hybridized carbons (Fsp3) is 0.167. The highest BCUT2D eigenvalue weighted by Gasteiger charge is 2.10. The SMILES string of the molecule is Cn1c(N)c(N)c(=O)n2ncnc12. The monoisotopic (exact) mass is 180 g/mol. The van der Waals surface area contributed by atoms with Crippen LogP contribution in [0.4, 0.5) is 11.5 Å². The summed E-state index contributed by atoms with van der Waals surface area (Å²) in [5.74, 6) is 0.571. The first-order valence-electron chi connectivity index (χ1n) is 3.56. The van der Waals surface area contributed by atoms with Gasteiger partial charge in [0.25, 0.3) is 0 Å². The molecule has 7 heteroatoms. The van der Waals surface area contributed by atoms with Crippen molar-refractivity contribution in [3.63, 3.8) is 0 Å². The van der Waals surface area contributed by atoms with Crippen molar-refractivity contribution in [2.45, 2.75) is 0 Å². The lowest BCUT2D eigenvalue weighted by atomic mass is 10.5. The van der Waals surface area contributed by atoms with Crippen molar-refractivity contribution >= 4 is 17.3 Å². The predicted molar refractivity (Wildman–Crippen MR) is 47.1 cm³/mol. The van der Waals surface area contributed by atoms with Gasteiger partial charge in [-0.25, -0.2) is 0 Å². The van der Waals surface area contributed by atoms with Gasteiger partial charge in [-0.2, -0.15) is 14.6 Å². The smallest absolute Gasteiger partial charge is 0.301 e. The van der Waals surface area contributed by atoms with Gasteiger partial charge < -0.3 is 11.5 Å². The van der Waals surface area contributed by atoms with E-state index in [-0.39, 0.29) is 11.5 Å². The molecule has 0 amide bonds. The van der Waals surface area contributed by atoms with Crippen molar-refractivity contribution in [1.29, 1.82) is 0 Å². The maximum absolute atomic E-state index is 11.4. The molecule has 13 heavy (non-hydrogen) atoms. The number of anilines is 2. The minimum atomic E-state index is -0.442. The molecule has 0 unspecified atom stereocenters. The molecule has 2 rings (SSSR count). The summed E-state index contributed by atoms with van der Waals surface area (Å²) in [5, 5.41) is 3.72. The molecule has 0 radical (unpaired) electrons. The van der Waals surface area contributed by atoms with Crippen molar-refractivity contribution in [1.82, 2.24) is 19.2 Å². The van der Waals surface area contributed by atoms with Gasteiger partial charge >= 0.3 is 5.56 Å². The minimum Gasteiger partial charge on any atom is -0.391 e. The quantitative estimate of drug-likeness (QED) is 0.518. The number of fused-ring (bicyclic) bond motifs is 1. The molecule has 0 saturated carbocycles. The Morgan fingerprint density at radius 2 is 2.15 bits per heavy atom. The molecule has 0 aromatic carbocycles. The standard InChI is InChI=1S/C6H8N6O/c1-11-4(8)3(7)5(13)12-6(11)9-2-10-12/h2H,7-8H2,1H3. The molecule has 2 aromatic rings. The summed E-state index contributed by atoms with van der Waals surface area (Å²) in [6.45, 7) is 0. The molecule has 0 aliphatic carbocycles. The fourth-order valence-corrected chi connectivity index (χ4v) is 1.12. The Hall–Kier alpha value is -2.05. The molecule has 0 aliphatic rings. The van der Waals surface area contributed by atoms with Gasteiger partial charge in [0.15, 0.2) is 0 Å². The van der Waals surface area contributed by atoms with Crippen LogP contribution in [0.1, 0.15) is 0 Å². The number of hydrogen-bond acceptors (Lipinski definition) is 5. The fourth-order valence-electron chi connectivity index (χ4n) is 1.12. The van der Waals surface area contributed by atoms with Crippen LogP contribution in [0.5, 0.6) is 0 Å². The van der Waals surface area contributed by atoms with E-state index in [2.05, 4.69) is 10.1 Å². The Labute approximate surface area is 72.6 Å². The lowest BCUT2D eigenvalue weighted by molar-refractivity contribution is 0.832. The van der Waals surface area contributed by atoms with Gasteiger partial charge in [0.1, 0.15) is 17.8 Å². The van der Waals surface area contributed by atoms with Crippen molar-refractivity contribution in [3.05, 3.63) is 16.7 Å². The first-order chi connectivity index (χ1) is 6.13. The molecular formula is C6H8N6O. The molecule has 68 valence electrons. The molecular weight excluding hydrogens is 172 g/mol. The summed E-state index contributed by atoms with van der Waals surface area (Å²) < 4.78 is 2.61. The Morgan fingerprint density at radius 1 is 1.46 bits per heavy atom. The van der Waals surface area contributed by atoms with Crippen LogP contribution in [-0.2, 0) is 7.05 Å². The number of nitrogen functional groups attached to an aromatic ring is 2. The predicted octanol–water partition coefficient (Wildman–Crippen LogP) is -1.41. The van der Waals surface area contributed by atoms with Gasteiger partial charge in [-0.05, 0) is 0 Å². The molecule has 0 saturated heterocycles. The van der Waals surface area contributed by atoms with Crippen LogP contribution in [0.15, 0.2) is 11.1 Å². The third kappa shape index (κ3) is 0.805. The highest BCUT2D eigenvalue weighted by molar-refractivity contribution is 5.60. The van der Waals surface area contributed by atoms with Crippen LogP contribution >= 0.6 is 0 Å². The minimum absolute atomic E-state index is 0.0134. The van der Waals surface area contributed by atoms with Gasteiger partial charge in [0.2, 0.25) is 5.78 Å². The molecule has 4 N–H and O–H groups in total. The lowest BCUT2D eigenvalue weighted by Crippen LogP contribution is -2.24. The molecule has 0 fully saturated rings. The number of rotatable bonds is 0. The summed E-state index contributed by atoms with van der Waals surface area (Å²) in [5.41, 5.74) is 10.6. The van der Waals surface area contributed by atoms with Crippen LogP contribution in [0.25, 0.3) is 5.78 Å². The van der Waals surface area contributed by atoms with E-state index in [0.29, 0.717) is 5.78 Å². The van der Waals surface area contributed by atoms with Crippen molar-refractivity contribution in [2.75, 3.05) is 11.5 Å². The van der Waals surface area contributed by atoms with Crippen LogP contribution in [0.3, 0.4) is 0 Å². The summed E-state index contributed by atoms with van der Waals surface area (Å²) in [6, 6.07) is 0. The first-order valence-corrected chi connectivity index (χ1v) is 3.56. The van der Waals surface area contributed by atoms with E-state index in [1.165, 1.54) is 10.9 Å². The van der Waals surface area contributed by atoms with Gasteiger partial charge in [-0.3, -0.25) is 9.36 Å². The van der Waals surface area contributed by atoms with Crippen LogP contribution in [0, 0.1) is 0 Å². The zero-order valence-corrected chi connectivity index (χ0v) is 6.93. The van der Waals surface area contributed by atoms with E-state index >= 15 is 0 Å². The first kappa shape index (κ1) is 7.59. The zero-order chi connectivity index (χ0) is 9.59. The Morgan fingerprint density at radius 3 is 2.85 bits per heavy atom. The topological polar surface area (TPSA) is 104 Å². The Kier molecular flexibility index (Phi) is 1.30. The summed E-state index contributed by atoms with van der Waals surface area (Å²) in [6.07, 6.45) is 1.27. The van der Waals surface area contributed by atoms with E-state index in [1.807, 2.05) is 0 Å². The van der Waals surface area contributed by atoms with Gasteiger partial charge in [-0.1, -0.05) is 0 Å². The Balaban J connectivity index is 3.11. The second kappa shape index (κ2) is 2.22. The summed E-state index contributed by atoms with van der Waals surface area (Å²) >= 11 is 0. The molecule has 7 nitrogen and oxygen atoms in total. The number of aryl methyl sites for hydroxylation is 1. The summed E-state index contributed by atoms with van der Waals surface area (Å²) in [4.78, 5) is 15.3. The summed E-state index contributed by atoms with van der Waals surface area (Å²) in [7, 11) is 1.66. The van der Waals surface area contributed by atoms with E-state index in [1.54, 1.807) is 7.05 Å². The van der Waals surface area contributed by atoms with Gasteiger partial charge in [0, 0.05) is 7.05 Å². The second-order valence-corrected chi connectivity index (χ2v) is 2.63. The van der Waals surface area contributed by atoms with Crippen molar-refractivity contribution in [2.24, 2.45) is 7.05 Å². The average molecular weight is 180 g/mol. The largest absolute Gasteiger partial charge is 0.391 e. The maximum Gasteiger partial charge on any atom is 0.301 e. The molecule has 0 bridgehead atoms. The van der Waals surface area contributed by atoms with Gasteiger partial charge in [0.05, 0.1) is 0 Å². The molecule has 0 atom stereocenters. The van der Waals surface area contributed by atoms with E-state index in [0.717, 1.165) is 4.52 Å². The number of nitrogens with two attached hydrogens (primary N) is 2. The third-order valence-electron chi connectivity index (χ3n) is 1.89. The van der Waals surface area contributed by atoms with E-state index < -0.39 is 5.56 Å². The zero-order valence-electron chi connectivity index (χ0n) is 6.93. The Bertz CT molecular complexity index is 524. The second-order valence-electron chi connectivity index (χ2n) is 2.63.